The Balaban J connectivity index is 2.44. The van der Waals surface area contributed by atoms with Crippen molar-refractivity contribution in [2.45, 2.75) is 13.8 Å². The van der Waals surface area contributed by atoms with Crippen molar-refractivity contribution in [3.63, 3.8) is 0 Å². The zero-order valence-electron chi connectivity index (χ0n) is 9.38. The van der Waals surface area contributed by atoms with Crippen LogP contribution in [0.15, 0.2) is 28.7 Å². The number of thiophene rings is 1. The molecule has 1 aromatic carbocycles. The highest BCUT2D eigenvalue weighted by Crippen LogP contribution is 2.30. The van der Waals surface area contributed by atoms with Crippen LogP contribution in [0.2, 0.25) is 5.02 Å². The van der Waals surface area contributed by atoms with Gasteiger partial charge in [-0.05, 0) is 47.5 Å². The van der Waals surface area contributed by atoms with Crippen molar-refractivity contribution in [3.05, 3.63) is 54.6 Å². The molecule has 2 rings (SSSR count). The summed E-state index contributed by atoms with van der Waals surface area (Å²) >= 11 is 10.9. The number of carbonyl (C=O) groups excluding carboxylic acids is 1. The summed E-state index contributed by atoms with van der Waals surface area (Å²) in [7, 11) is 0. The SMILES string of the molecule is Cc1cc(Br)c(C(=O)c2ccc(C)c(Cl)c2)s1. The van der Waals surface area contributed by atoms with Crippen LogP contribution in [0.1, 0.15) is 25.7 Å². The van der Waals surface area contributed by atoms with Gasteiger partial charge in [0.15, 0.2) is 0 Å². The van der Waals surface area contributed by atoms with Gasteiger partial charge >= 0.3 is 0 Å². The molecule has 0 atom stereocenters. The zero-order chi connectivity index (χ0) is 12.6. The van der Waals surface area contributed by atoms with Crippen LogP contribution in [0.3, 0.4) is 0 Å². The highest BCUT2D eigenvalue weighted by atomic mass is 79.9. The summed E-state index contributed by atoms with van der Waals surface area (Å²) < 4.78 is 0.849. The molecule has 0 fully saturated rings. The first kappa shape index (κ1) is 12.8. The van der Waals surface area contributed by atoms with Crippen molar-refractivity contribution in [1.29, 1.82) is 0 Å². The van der Waals surface area contributed by atoms with Crippen molar-refractivity contribution in [2.75, 3.05) is 0 Å². The molecule has 1 heterocycles. The third-order valence-electron chi connectivity index (χ3n) is 2.45. The average Bonchev–Trinajstić information content (AvgIpc) is 2.61. The molecule has 0 unspecified atom stereocenters. The molecule has 0 bridgehead atoms. The molecule has 1 aromatic heterocycles. The van der Waals surface area contributed by atoms with E-state index in [2.05, 4.69) is 15.9 Å². The van der Waals surface area contributed by atoms with Crippen LogP contribution in [-0.4, -0.2) is 5.78 Å². The number of carbonyl (C=O) groups is 1. The second-order valence-corrected chi connectivity index (χ2v) is 6.35. The molecule has 0 radical (unpaired) electrons. The monoisotopic (exact) mass is 328 g/mol. The third kappa shape index (κ3) is 2.62. The average molecular weight is 330 g/mol. The Kier molecular flexibility index (Phi) is 3.71. The highest BCUT2D eigenvalue weighted by Gasteiger charge is 2.16. The Morgan fingerprint density at radius 2 is 2.00 bits per heavy atom. The lowest BCUT2D eigenvalue weighted by atomic mass is 10.1. The van der Waals surface area contributed by atoms with Crippen LogP contribution in [0.25, 0.3) is 0 Å². The standard InChI is InChI=1S/C13H10BrClOS/c1-7-3-4-9(6-11(7)15)12(16)13-10(14)5-8(2)17-13/h3-6H,1-2H3. The number of aryl methyl sites for hydroxylation is 2. The number of hydrogen-bond acceptors (Lipinski definition) is 2. The molecular formula is C13H10BrClOS. The van der Waals surface area contributed by atoms with E-state index in [0.717, 1.165) is 19.8 Å². The molecule has 0 saturated carbocycles. The summed E-state index contributed by atoms with van der Waals surface area (Å²) in [5, 5.41) is 0.625. The van der Waals surface area contributed by atoms with E-state index >= 15 is 0 Å². The summed E-state index contributed by atoms with van der Waals surface area (Å²) in [4.78, 5) is 14.1. The van der Waals surface area contributed by atoms with Gasteiger partial charge in [0.05, 0.1) is 4.88 Å². The fourth-order valence-electron chi connectivity index (χ4n) is 1.50. The van der Waals surface area contributed by atoms with E-state index in [-0.39, 0.29) is 5.78 Å². The van der Waals surface area contributed by atoms with E-state index in [1.807, 2.05) is 32.0 Å². The maximum absolute atomic E-state index is 12.3. The predicted octanol–water partition coefficient (Wildman–Crippen LogP) is 5.01. The Morgan fingerprint density at radius 1 is 1.29 bits per heavy atom. The Hall–Kier alpha value is -0.640. The Bertz CT molecular complexity index is 589. The van der Waals surface area contributed by atoms with E-state index in [1.165, 1.54) is 11.3 Å². The van der Waals surface area contributed by atoms with Crippen LogP contribution in [0.4, 0.5) is 0 Å². The van der Waals surface area contributed by atoms with Gasteiger partial charge in [-0.2, -0.15) is 0 Å². The van der Waals surface area contributed by atoms with Crippen LogP contribution < -0.4 is 0 Å². The topological polar surface area (TPSA) is 17.1 Å². The van der Waals surface area contributed by atoms with E-state index < -0.39 is 0 Å². The van der Waals surface area contributed by atoms with E-state index in [4.69, 9.17) is 11.6 Å². The van der Waals surface area contributed by atoms with Crippen molar-refractivity contribution in [3.8, 4) is 0 Å². The van der Waals surface area contributed by atoms with Gasteiger partial charge in [-0.1, -0.05) is 23.7 Å². The normalized spacial score (nSPS) is 10.6. The largest absolute Gasteiger partial charge is 0.288 e. The van der Waals surface area contributed by atoms with Gasteiger partial charge in [-0.3, -0.25) is 4.79 Å². The first-order chi connectivity index (χ1) is 7.99. The van der Waals surface area contributed by atoms with Crippen molar-refractivity contribution in [1.82, 2.24) is 0 Å². The zero-order valence-corrected chi connectivity index (χ0v) is 12.5. The van der Waals surface area contributed by atoms with Gasteiger partial charge in [0, 0.05) is 19.9 Å². The van der Waals surface area contributed by atoms with Crippen molar-refractivity contribution in [2.24, 2.45) is 0 Å². The van der Waals surface area contributed by atoms with E-state index in [9.17, 15) is 4.79 Å². The number of rotatable bonds is 2. The van der Waals surface area contributed by atoms with Crippen LogP contribution in [-0.2, 0) is 0 Å². The molecular weight excluding hydrogens is 320 g/mol. The molecule has 0 saturated heterocycles. The fourth-order valence-corrected chi connectivity index (χ4v) is 3.47. The number of benzene rings is 1. The molecule has 4 heteroatoms. The van der Waals surface area contributed by atoms with Crippen LogP contribution >= 0.6 is 38.9 Å². The van der Waals surface area contributed by atoms with Gasteiger partial charge < -0.3 is 0 Å². The van der Waals surface area contributed by atoms with Crippen LogP contribution in [0.5, 0.6) is 0 Å². The van der Waals surface area contributed by atoms with Crippen molar-refractivity contribution >= 4 is 44.7 Å². The number of ketones is 1. The minimum Gasteiger partial charge on any atom is -0.288 e. The summed E-state index contributed by atoms with van der Waals surface area (Å²) in [6.45, 7) is 3.90. The third-order valence-corrected chi connectivity index (χ3v) is 4.79. The summed E-state index contributed by atoms with van der Waals surface area (Å²) in [5.41, 5.74) is 1.60. The molecule has 17 heavy (non-hydrogen) atoms. The van der Waals surface area contributed by atoms with Gasteiger partial charge in [0.1, 0.15) is 0 Å². The first-order valence-corrected chi connectivity index (χ1v) is 7.04. The number of halogens is 2. The smallest absolute Gasteiger partial charge is 0.204 e. The number of hydrogen-bond donors (Lipinski definition) is 0. The maximum atomic E-state index is 12.3. The highest BCUT2D eigenvalue weighted by molar-refractivity contribution is 9.10. The summed E-state index contributed by atoms with van der Waals surface area (Å²) in [5.74, 6) is 0.0110. The molecule has 0 aliphatic carbocycles. The maximum Gasteiger partial charge on any atom is 0.204 e. The van der Waals surface area contributed by atoms with Crippen LogP contribution in [0, 0.1) is 13.8 Å². The van der Waals surface area contributed by atoms with E-state index in [0.29, 0.717) is 10.6 Å². The van der Waals surface area contributed by atoms with Gasteiger partial charge in [0.2, 0.25) is 5.78 Å². The van der Waals surface area contributed by atoms with Crippen molar-refractivity contribution < 1.29 is 4.79 Å². The molecule has 0 aliphatic heterocycles. The predicted molar refractivity (Wildman–Crippen MR) is 76.4 cm³/mol. The first-order valence-electron chi connectivity index (χ1n) is 5.06. The molecule has 0 amide bonds. The molecule has 2 aromatic rings. The Labute approximate surface area is 118 Å². The quantitative estimate of drug-likeness (QED) is 0.708. The lowest BCUT2D eigenvalue weighted by molar-refractivity contribution is 0.104. The van der Waals surface area contributed by atoms with Gasteiger partial charge in [0.25, 0.3) is 0 Å². The summed E-state index contributed by atoms with van der Waals surface area (Å²) in [6, 6.07) is 7.35. The molecule has 0 spiro atoms. The minimum absolute atomic E-state index is 0.0110. The summed E-state index contributed by atoms with van der Waals surface area (Å²) in [6.07, 6.45) is 0. The lowest BCUT2D eigenvalue weighted by Crippen LogP contribution is -1.99. The molecule has 1 nitrogen and oxygen atoms in total. The second kappa shape index (κ2) is 4.92. The van der Waals surface area contributed by atoms with Gasteiger partial charge in [-0.15, -0.1) is 11.3 Å². The Morgan fingerprint density at radius 3 is 2.53 bits per heavy atom. The lowest BCUT2D eigenvalue weighted by Gasteiger charge is -2.02. The van der Waals surface area contributed by atoms with E-state index in [1.54, 1.807) is 6.07 Å². The van der Waals surface area contributed by atoms with Gasteiger partial charge in [-0.25, -0.2) is 0 Å². The second-order valence-electron chi connectivity index (χ2n) is 3.83. The molecule has 88 valence electrons. The fraction of sp³-hybridized carbons (Fsp3) is 0.154. The molecule has 0 N–H and O–H groups in total. The molecule has 0 aliphatic rings. The minimum atomic E-state index is 0.0110.